The van der Waals surface area contributed by atoms with Gasteiger partial charge in [-0.2, -0.15) is 0 Å². The van der Waals surface area contributed by atoms with E-state index >= 15 is 0 Å². The lowest BCUT2D eigenvalue weighted by molar-refractivity contribution is -0.118. The van der Waals surface area contributed by atoms with Crippen LogP contribution in [0.15, 0.2) is 71.0 Å². The van der Waals surface area contributed by atoms with Gasteiger partial charge >= 0.3 is 0 Å². The summed E-state index contributed by atoms with van der Waals surface area (Å²) in [5, 5.41) is 5.81. The monoisotopic (exact) mass is 416 g/mol. The van der Waals surface area contributed by atoms with E-state index in [1.807, 2.05) is 32.0 Å². The van der Waals surface area contributed by atoms with Gasteiger partial charge in [-0.05, 0) is 67.6 Å². The van der Waals surface area contributed by atoms with Crippen LogP contribution in [0.1, 0.15) is 57.8 Å². The molecule has 0 aliphatic heterocycles. The summed E-state index contributed by atoms with van der Waals surface area (Å²) < 4.78 is 5.36. The minimum absolute atomic E-state index is 0.130. The van der Waals surface area contributed by atoms with Gasteiger partial charge in [0.25, 0.3) is 11.8 Å². The molecule has 1 heterocycles. The Bertz CT molecular complexity index is 1100. The van der Waals surface area contributed by atoms with Crippen molar-refractivity contribution in [2.24, 2.45) is 0 Å². The van der Waals surface area contributed by atoms with Crippen molar-refractivity contribution in [1.82, 2.24) is 10.6 Å². The molecule has 3 rings (SSSR count). The standard InChI is InChI=1S/C26H28N2O3/c1-5-23(20-13-12-17(2)19(4)15-20)27-26(30)24(16-21-10-8-14-31-21)28-25(29)22-11-7-6-9-18(22)3/h6-16,23H,5H2,1-4H3,(H,27,30)(H,28,29)/b24-16-. The van der Waals surface area contributed by atoms with E-state index in [4.69, 9.17) is 4.42 Å². The predicted octanol–water partition coefficient (Wildman–Crippen LogP) is 5.24. The quantitative estimate of drug-likeness (QED) is 0.517. The molecule has 5 nitrogen and oxygen atoms in total. The summed E-state index contributed by atoms with van der Waals surface area (Å²) >= 11 is 0. The Balaban J connectivity index is 1.86. The van der Waals surface area contributed by atoms with E-state index in [-0.39, 0.29) is 23.6 Å². The summed E-state index contributed by atoms with van der Waals surface area (Å²) in [5.74, 6) is -0.233. The maximum atomic E-state index is 13.2. The van der Waals surface area contributed by atoms with Gasteiger partial charge in [-0.25, -0.2) is 0 Å². The molecule has 2 amide bonds. The third-order valence-corrected chi connectivity index (χ3v) is 5.36. The first kappa shape index (κ1) is 22.1. The molecule has 0 radical (unpaired) electrons. The highest BCUT2D eigenvalue weighted by Gasteiger charge is 2.20. The van der Waals surface area contributed by atoms with Crippen molar-refractivity contribution in [1.29, 1.82) is 0 Å². The summed E-state index contributed by atoms with van der Waals surface area (Å²) in [5.41, 5.74) is 4.88. The minimum atomic E-state index is -0.372. The zero-order valence-corrected chi connectivity index (χ0v) is 18.4. The van der Waals surface area contributed by atoms with Crippen molar-refractivity contribution in [3.8, 4) is 0 Å². The fraction of sp³-hybridized carbons (Fsp3) is 0.231. The van der Waals surface area contributed by atoms with E-state index in [2.05, 4.69) is 36.6 Å². The van der Waals surface area contributed by atoms with E-state index in [0.717, 1.165) is 11.1 Å². The largest absolute Gasteiger partial charge is 0.465 e. The Hall–Kier alpha value is -3.60. The van der Waals surface area contributed by atoms with Crippen molar-refractivity contribution < 1.29 is 14.0 Å². The molecule has 0 bridgehead atoms. The van der Waals surface area contributed by atoms with E-state index < -0.39 is 0 Å². The highest BCUT2D eigenvalue weighted by molar-refractivity contribution is 6.05. The molecule has 1 unspecified atom stereocenters. The van der Waals surface area contributed by atoms with Crippen molar-refractivity contribution in [3.63, 3.8) is 0 Å². The number of furan rings is 1. The topological polar surface area (TPSA) is 71.3 Å². The average Bonchev–Trinajstić information content (AvgIpc) is 3.27. The second kappa shape index (κ2) is 9.94. The van der Waals surface area contributed by atoms with Crippen LogP contribution in [0.25, 0.3) is 6.08 Å². The van der Waals surface area contributed by atoms with Gasteiger partial charge in [-0.15, -0.1) is 0 Å². The lowest BCUT2D eigenvalue weighted by Gasteiger charge is -2.20. The van der Waals surface area contributed by atoms with Crippen LogP contribution in [-0.2, 0) is 4.79 Å². The van der Waals surface area contributed by atoms with Crippen LogP contribution in [0, 0.1) is 20.8 Å². The molecule has 31 heavy (non-hydrogen) atoms. The third kappa shape index (κ3) is 5.51. The first-order valence-corrected chi connectivity index (χ1v) is 10.4. The smallest absolute Gasteiger partial charge is 0.268 e. The Morgan fingerprint density at radius 3 is 2.39 bits per heavy atom. The number of nitrogens with one attached hydrogen (secondary N) is 2. The summed E-state index contributed by atoms with van der Waals surface area (Å²) in [4.78, 5) is 26.0. The molecule has 0 saturated heterocycles. The SMILES string of the molecule is CCC(NC(=O)/C(=C/c1ccco1)NC(=O)c1ccccc1C)c1ccc(C)c(C)c1. The summed E-state index contributed by atoms with van der Waals surface area (Å²) in [6.45, 7) is 7.99. The number of carbonyl (C=O) groups excluding carboxylic acids is 2. The molecule has 160 valence electrons. The molecule has 2 N–H and O–H groups in total. The maximum absolute atomic E-state index is 13.2. The zero-order valence-electron chi connectivity index (χ0n) is 18.4. The minimum Gasteiger partial charge on any atom is -0.465 e. The molecule has 0 fully saturated rings. The molecular weight excluding hydrogens is 388 g/mol. The summed E-state index contributed by atoms with van der Waals surface area (Å²) in [6.07, 6.45) is 3.78. The molecule has 0 aliphatic carbocycles. The van der Waals surface area contributed by atoms with E-state index in [1.165, 1.54) is 17.4 Å². The molecule has 0 saturated carbocycles. The number of hydrogen-bond donors (Lipinski definition) is 2. The summed E-state index contributed by atoms with van der Waals surface area (Å²) in [6, 6.07) is 16.7. The van der Waals surface area contributed by atoms with Crippen LogP contribution in [0.4, 0.5) is 0 Å². The number of hydrogen-bond acceptors (Lipinski definition) is 3. The maximum Gasteiger partial charge on any atom is 0.268 e. The van der Waals surface area contributed by atoms with Crippen LogP contribution < -0.4 is 10.6 Å². The van der Waals surface area contributed by atoms with Gasteiger partial charge in [0.15, 0.2) is 0 Å². The molecule has 1 aromatic heterocycles. The fourth-order valence-electron chi connectivity index (χ4n) is 3.33. The number of aryl methyl sites for hydroxylation is 3. The Kier molecular flexibility index (Phi) is 7.08. The highest BCUT2D eigenvalue weighted by atomic mass is 16.3. The number of benzene rings is 2. The molecule has 5 heteroatoms. The first-order valence-electron chi connectivity index (χ1n) is 10.4. The molecule has 2 aromatic carbocycles. The van der Waals surface area contributed by atoms with Crippen LogP contribution in [0.5, 0.6) is 0 Å². The molecule has 0 aliphatic rings. The van der Waals surface area contributed by atoms with Gasteiger partial charge in [0.05, 0.1) is 12.3 Å². The van der Waals surface area contributed by atoms with Crippen molar-refractivity contribution in [2.75, 3.05) is 0 Å². The highest BCUT2D eigenvalue weighted by Crippen LogP contribution is 2.20. The lowest BCUT2D eigenvalue weighted by Crippen LogP contribution is -2.37. The van der Waals surface area contributed by atoms with Crippen LogP contribution in [0.2, 0.25) is 0 Å². The van der Waals surface area contributed by atoms with E-state index in [9.17, 15) is 9.59 Å². The van der Waals surface area contributed by atoms with Gasteiger partial charge in [0.2, 0.25) is 0 Å². The Morgan fingerprint density at radius 2 is 1.74 bits per heavy atom. The number of amides is 2. The molecule has 1 atom stereocenters. The van der Waals surface area contributed by atoms with Crippen LogP contribution in [0.3, 0.4) is 0 Å². The lowest BCUT2D eigenvalue weighted by atomic mass is 9.99. The van der Waals surface area contributed by atoms with Crippen LogP contribution >= 0.6 is 0 Å². The van der Waals surface area contributed by atoms with Crippen molar-refractivity contribution in [2.45, 2.75) is 40.2 Å². The second-order valence-electron chi connectivity index (χ2n) is 7.62. The van der Waals surface area contributed by atoms with Crippen molar-refractivity contribution >= 4 is 17.9 Å². The van der Waals surface area contributed by atoms with Gasteiger partial charge < -0.3 is 15.1 Å². The Morgan fingerprint density at radius 1 is 0.968 bits per heavy atom. The molecular formula is C26H28N2O3. The normalized spacial score (nSPS) is 12.3. The van der Waals surface area contributed by atoms with Gasteiger partial charge in [-0.1, -0.05) is 43.3 Å². The van der Waals surface area contributed by atoms with Crippen molar-refractivity contribution in [3.05, 3.63) is 100 Å². The molecule has 3 aromatic rings. The van der Waals surface area contributed by atoms with Crippen LogP contribution in [-0.4, -0.2) is 11.8 Å². The fourth-order valence-corrected chi connectivity index (χ4v) is 3.33. The number of rotatable bonds is 7. The van der Waals surface area contributed by atoms with Gasteiger partial charge in [-0.3, -0.25) is 9.59 Å². The first-order chi connectivity index (χ1) is 14.9. The predicted molar refractivity (Wildman–Crippen MR) is 122 cm³/mol. The third-order valence-electron chi connectivity index (χ3n) is 5.36. The second-order valence-corrected chi connectivity index (χ2v) is 7.62. The average molecular weight is 417 g/mol. The summed E-state index contributed by atoms with van der Waals surface area (Å²) in [7, 11) is 0. The zero-order chi connectivity index (χ0) is 22.4. The Labute approximate surface area is 183 Å². The van der Waals surface area contributed by atoms with Gasteiger partial charge in [0.1, 0.15) is 11.5 Å². The number of carbonyl (C=O) groups is 2. The van der Waals surface area contributed by atoms with E-state index in [0.29, 0.717) is 17.7 Å². The molecule has 0 spiro atoms. The van der Waals surface area contributed by atoms with E-state index in [1.54, 1.807) is 30.3 Å². The van der Waals surface area contributed by atoms with Gasteiger partial charge in [0, 0.05) is 11.6 Å².